The number of nitrogens with one attached hydrogen (secondary N) is 1. The summed E-state index contributed by atoms with van der Waals surface area (Å²) in [7, 11) is 3.14. The van der Waals surface area contributed by atoms with E-state index in [0.717, 1.165) is 5.56 Å². The highest BCUT2D eigenvalue weighted by molar-refractivity contribution is 6.05. The van der Waals surface area contributed by atoms with Crippen LogP contribution in [0, 0.1) is 11.8 Å². The predicted molar refractivity (Wildman–Crippen MR) is 107 cm³/mol. The number of likely N-dealkylation sites (tertiary alicyclic amines) is 1. The van der Waals surface area contributed by atoms with E-state index in [0.29, 0.717) is 30.8 Å². The number of imide groups is 1. The number of carbonyl (C=O) groups is 3. The number of benzene rings is 1. The van der Waals surface area contributed by atoms with Crippen LogP contribution in [0.15, 0.2) is 30.4 Å². The van der Waals surface area contributed by atoms with Gasteiger partial charge in [-0.3, -0.25) is 19.3 Å². The Hall–Kier alpha value is -2.83. The lowest BCUT2D eigenvalue weighted by molar-refractivity contribution is -0.140. The standard InChI is InChI=1S/C22H28N2O5/c1-4-17(14-9-10-18(28-2)19(13-14)29-3)23-20(25)11-12-24-21(26)15-7-5-6-8-16(15)22(24)27/h5-6,9-10,13,15-17H,4,7-8,11-12H2,1-3H3,(H,23,25)/t15-,16+,17-/m0/s1. The van der Waals surface area contributed by atoms with Crippen molar-refractivity contribution in [2.75, 3.05) is 20.8 Å². The van der Waals surface area contributed by atoms with Crippen LogP contribution >= 0.6 is 0 Å². The van der Waals surface area contributed by atoms with Gasteiger partial charge in [-0.1, -0.05) is 25.1 Å². The summed E-state index contributed by atoms with van der Waals surface area (Å²) in [5.74, 6) is 0.214. The van der Waals surface area contributed by atoms with Crippen molar-refractivity contribution in [2.24, 2.45) is 11.8 Å². The summed E-state index contributed by atoms with van der Waals surface area (Å²) in [6.45, 7) is 2.10. The van der Waals surface area contributed by atoms with Gasteiger partial charge in [0.05, 0.1) is 32.1 Å². The number of methoxy groups -OCH3 is 2. The number of hydrogen-bond acceptors (Lipinski definition) is 5. The molecule has 1 aliphatic heterocycles. The third kappa shape index (κ3) is 4.28. The van der Waals surface area contributed by atoms with Crippen LogP contribution in [-0.4, -0.2) is 43.4 Å². The molecule has 1 heterocycles. The Bertz CT molecular complexity index is 793. The van der Waals surface area contributed by atoms with E-state index in [2.05, 4.69) is 5.32 Å². The van der Waals surface area contributed by atoms with Gasteiger partial charge in [-0.15, -0.1) is 0 Å². The molecule has 2 aliphatic rings. The number of fused-ring (bicyclic) bond motifs is 1. The third-order valence-corrected chi connectivity index (χ3v) is 5.71. The molecule has 0 aromatic heterocycles. The Morgan fingerprint density at radius 2 is 1.72 bits per heavy atom. The molecule has 29 heavy (non-hydrogen) atoms. The second-order valence-corrected chi connectivity index (χ2v) is 7.38. The summed E-state index contributed by atoms with van der Waals surface area (Å²) in [6, 6.07) is 5.35. The molecule has 1 aliphatic carbocycles. The number of nitrogens with zero attached hydrogens (tertiary/aromatic N) is 1. The molecule has 7 nitrogen and oxygen atoms in total. The van der Waals surface area contributed by atoms with Crippen molar-refractivity contribution in [2.45, 2.75) is 38.6 Å². The lowest BCUT2D eigenvalue weighted by Crippen LogP contribution is -2.36. The van der Waals surface area contributed by atoms with E-state index in [1.165, 1.54) is 4.90 Å². The average molecular weight is 400 g/mol. The van der Waals surface area contributed by atoms with Crippen molar-refractivity contribution >= 4 is 17.7 Å². The van der Waals surface area contributed by atoms with E-state index in [4.69, 9.17) is 9.47 Å². The number of carbonyl (C=O) groups excluding carboxylic acids is 3. The average Bonchev–Trinajstić information content (AvgIpc) is 3.00. The molecule has 0 bridgehead atoms. The highest BCUT2D eigenvalue weighted by Gasteiger charge is 2.46. The van der Waals surface area contributed by atoms with Gasteiger partial charge in [-0.2, -0.15) is 0 Å². The molecule has 0 unspecified atom stereocenters. The van der Waals surface area contributed by atoms with Crippen molar-refractivity contribution in [3.63, 3.8) is 0 Å². The minimum atomic E-state index is -0.259. The molecular weight excluding hydrogens is 372 g/mol. The Labute approximate surface area is 171 Å². The zero-order chi connectivity index (χ0) is 21.0. The Morgan fingerprint density at radius 1 is 1.10 bits per heavy atom. The summed E-state index contributed by atoms with van der Waals surface area (Å²) < 4.78 is 10.6. The Balaban J connectivity index is 1.60. The molecule has 1 N–H and O–H groups in total. The summed E-state index contributed by atoms with van der Waals surface area (Å²) in [5.41, 5.74) is 0.906. The topological polar surface area (TPSA) is 84.9 Å². The molecule has 0 spiro atoms. The molecule has 156 valence electrons. The zero-order valence-electron chi connectivity index (χ0n) is 17.1. The van der Waals surface area contributed by atoms with Crippen molar-refractivity contribution < 1.29 is 23.9 Å². The van der Waals surface area contributed by atoms with Crippen LogP contribution in [0.25, 0.3) is 0 Å². The van der Waals surface area contributed by atoms with E-state index in [-0.39, 0.29) is 48.6 Å². The fourth-order valence-electron chi connectivity index (χ4n) is 4.06. The van der Waals surface area contributed by atoms with Crippen molar-refractivity contribution in [1.29, 1.82) is 0 Å². The summed E-state index contributed by atoms with van der Waals surface area (Å²) in [5, 5.41) is 2.99. The number of allylic oxidation sites excluding steroid dienone is 2. The van der Waals surface area contributed by atoms with Crippen molar-refractivity contribution in [3.05, 3.63) is 35.9 Å². The fraction of sp³-hybridized carbons (Fsp3) is 0.500. The first-order chi connectivity index (χ1) is 14.0. The molecular formula is C22H28N2O5. The van der Waals surface area contributed by atoms with Crippen LogP contribution < -0.4 is 14.8 Å². The summed E-state index contributed by atoms with van der Waals surface area (Å²) >= 11 is 0. The van der Waals surface area contributed by atoms with Gasteiger partial charge in [-0.05, 0) is 37.0 Å². The molecule has 1 aromatic carbocycles. The van der Waals surface area contributed by atoms with E-state index < -0.39 is 0 Å². The maximum atomic E-state index is 12.5. The Morgan fingerprint density at radius 3 is 2.28 bits per heavy atom. The molecule has 0 radical (unpaired) electrons. The van der Waals surface area contributed by atoms with Gasteiger partial charge in [0.1, 0.15) is 0 Å². The van der Waals surface area contributed by atoms with Gasteiger partial charge in [0.25, 0.3) is 0 Å². The van der Waals surface area contributed by atoms with E-state index in [1.807, 2.05) is 31.2 Å². The van der Waals surface area contributed by atoms with Crippen molar-refractivity contribution in [3.8, 4) is 11.5 Å². The summed E-state index contributed by atoms with van der Waals surface area (Å²) in [4.78, 5) is 38.8. The molecule has 7 heteroatoms. The highest BCUT2D eigenvalue weighted by Crippen LogP contribution is 2.35. The minimum absolute atomic E-state index is 0.0914. The third-order valence-electron chi connectivity index (χ3n) is 5.71. The zero-order valence-corrected chi connectivity index (χ0v) is 17.1. The van der Waals surface area contributed by atoms with Crippen LogP contribution in [0.5, 0.6) is 11.5 Å². The second-order valence-electron chi connectivity index (χ2n) is 7.38. The number of amides is 3. The van der Waals surface area contributed by atoms with E-state index >= 15 is 0 Å². The maximum absolute atomic E-state index is 12.5. The van der Waals surface area contributed by atoms with Crippen LogP contribution in [0.3, 0.4) is 0 Å². The largest absolute Gasteiger partial charge is 0.493 e. The first kappa shape index (κ1) is 20.9. The molecule has 3 atom stereocenters. The van der Waals surface area contributed by atoms with Crippen LogP contribution in [0.1, 0.15) is 44.2 Å². The lowest BCUT2D eigenvalue weighted by atomic mass is 9.85. The maximum Gasteiger partial charge on any atom is 0.233 e. The first-order valence-electron chi connectivity index (χ1n) is 10.0. The minimum Gasteiger partial charge on any atom is -0.493 e. The van der Waals surface area contributed by atoms with Crippen LogP contribution in [-0.2, 0) is 14.4 Å². The SMILES string of the molecule is CC[C@H](NC(=O)CCN1C(=O)[C@H]2CC=CC[C@H]2C1=O)c1ccc(OC)c(OC)c1. The van der Waals surface area contributed by atoms with Gasteiger partial charge >= 0.3 is 0 Å². The molecule has 3 rings (SSSR count). The molecule has 0 saturated carbocycles. The molecule has 1 saturated heterocycles. The van der Waals surface area contributed by atoms with Gasteiger partial charge in [0.15, 0.2) is 11.5 Å². The van der Waals surface area contributed by atoms with Gasteiger partial charge in [0.2, 0.25) is 17.7 Å². The second kappa shape index (κ2) is 9.11. The normalized spacial score (nSPS) is 21.7. The van der Waals surface area contributed by atoms with E-state index in [9.17, 15) is 14.4 Å². The monoisotopic (exact) mass is 400 g/mol. The van der Waals surface area contributed by atoms with E-state index in [1.54, 1.807) is 20.3 Å². The van der Waals surface area contributed by atoms with Gasteiger partial charge < -0.3 is 14.8 Å². The highest BCUT2D eigenvalue weighted by atomic mass is 16.5. The van der Waals surface area contributed by atoms with Crippen molar-refractivity contribution in [1.82, 2.24) is 10.2 Å². The Kier molecular flexibility index (Phi) is 6.56. The van der Waals surface area contributed by atoms with Crippen LogP contribution in [0.4, 0.5) is 0 Å². The number of hydrogen-bond donors (Lipinski definition) is 1. The predicted octanol–water partition coefficient (Wildman–Crippen LogP) is 2.61. The smallest absolute Gasteiger partial charge is 0.233 e. The molecule has 1 aromatic rings. The molecule has 3 amide bonds. The van der Waals surface area contributed by atoms with Crippen LogP contribution in [0.2, 0.25) is 0 Å². The number of rotatable bonds is 8. The lowest BCUT2D eigenvalue weighted by Gasteiger charge is -2.20. The molecule has 1 fully saturated rings. The fourth-order valence-corrected chi connectivity index (χ4v) is 4.06. The first-order valence-corrected chi connectivity index (χ1v) is 10.0. The van der Waals surface area contributed by atoms with Gasteiger partial charge in [-0.25, -0.2) is 0 Å². The number of ether oxygens (including phenoxy) is 2. The summed E-state index contributed by atoms with van der Waals surface area (Å²) in [6.07, 6.45) is 5.91. The quantitative estimate of drug-likeness (QED) is 0.536. The van der Waals surface area contributed by atoms with Gasteiger partial charge in [0, 0.05) is 13.0 Å².